The van der Waals surface area contributed by atoms with Gasteiger partial charge in [-0.25, -0.2) is 15.0 Å². The van der Waals surface area contributed by atoms with E-state index in [0.717, 1.165) is 41.5 Å². The van der Waals surface area contributed by atoms with Crippen molar-refractivity contribution >= 4 is 44.8 Å². The molecule has 0 saturated carbocycles. The number of anilines is 3. The Kier molecular flexibility index (Phi) is 7.16. The fraction of sp³-hybridized carbons (Fsp3) is 0.379. The molecule has 208 valence electrons. The number of benzene rings is 1. The maximum atomic E-state index is 12.4. The summed E-state index contributed by atoms with van der Waals surface area (Å²) in [6.45, 7) is 8.38. The van der Waals surface area contributed by atoms with Gasteiger partial charge in [0.1, 0.15) is 10.6 Å². The van der Waals surface area contributed by atoms with Crippen LogP contribution in [0.4, 0.5) is 17.3 Å². The molecule has 2 saturated heterocycles. The van der Waals surface area contributed by atoms with E-state index >= 15 is 0 Å². The Labute approximate surface area is 237 Å². The second-order valence-corrected chi connectivity index (χ2v) is 11.4. The molecule has 1 aromatic carbocycles. The molecular weight excluding hydrogens is 526 g/mol. The second kappa shape index (κ2) is 10.9. The van der Waals surface area contributed by atoms with Crippen molar-refractivity contribution in [2.75, 3.05) is 43.5 Å². The number of rotatable bonds is 8. The van der Waals surface area contributed by atoms with E-state index in [1.807, 2.05) is 26.0 Å². The van der Waals surface area contributed by atoms with Gasteiger partial charge in [-0.1, -0.05) is 0 Å². The standard InChI is InChI=1S/C29H33N7O3S/c1-17(2)39-22-14-18(36-13-12-35-11-5-6-19(35)16-36)8-9-21(22)33-29-32-15-23-25(34-29)24(26(40-23)27(30)37)20-7-4-10-31-28(20)38-3/h4,7-10,14-15,17,19H,5-6,11-13,16H2,1-3H3,(H2,30,37)(H,32,33,34)/t19-/m1/s1. The smallest absolute Gasteiger partial charge is 0.259 e. The molecule has 0 unspecified atom stereocenters. The minimum absolute atomic E-state index is 0.00877. The lowest BCUT2D eigenvalue weighted by Gasteiger charge is -2.39. The number of primary amides is 1. The van der Waals surface area contributed by atoms with Gasteiger partial charge in [-0.15, -0.1) is 11.3 Å². The SMILES string of the molecule is COc1ncccc1-c1c(C(N)=O)sc2cnc(Nc3ccc(N4CCN5CCC[C@@H]5C4)cc3OC(C)C)nc12. The highest BCUT2D eigenvalue weighted by molar-refractivity contribution is 7.21. The topological polar surface area (TPSA) is 119 Å². The number of nitrogens with one attached hydrogen (secondary N) is 1. The Bertz CT molecular complexity index is 1560. The van der Waals surface area contributed by atoms with Crippen molar-refractivity contribution in [3.63, 3.8) is 0 Å². The molecule has 0 bridgehead atoms. The van der Waals surface area contributed by atoms with Crippen LogP contribution in [0.2, 0.25) is 0 Å². The van der Waals surface area contributed by atoms with Crippen LogP contribution in [0.3, 0.4) is 0 Å². The molecule has 10 nitrogen and oxygen atoms in total. The highest BCUT2D eigenvalue weighted by Crippen LogP contribution is 2.41. The number of piperazine rings is 1. The van der Waals surface area contributed by atoms with Crippen LogP contribution in [-0.2, 0) is 0 Å². The lowest BCUT2D eigenvalue weighted by Crippen LogP contribution is -2.50. The van der Waals surface area contributed by atoms with Crippen molar-refractivity contribution in [2.45, 2.75) is 38.8 Å². The summed E-state index contributed by atoms with van der Waals surface area (Å²) < 4.78 is 12.5. The number of hydrogen-bond donors (Lipinski definition) is 2. The van der Waals surface area contributed by atoms with E-state index in [1.54, 1.807) is 25.6 Å². The summed E-state index contributed by atoms with van der Waals surface area (Å²) in [4.78, 5) is 31.5. The number of hydrogen-bond acceptors (Lipinski definition) is 10. The van der Waals surface area contributed by atoms with Gasteiger partial charge in [0.2, 0.25) is 11.8 Å². The summed E-state index contributed by atoms with van der Waals surface area (Å²) >= 11 is 1.25. The van der Waals surface area contributed by atoms with Gasteiger partial charge in [0.25, 0.3) is 5.91 Å². The zero-order chi connectivity index (χ0) is 27.8. The molecule has 1 amide bonds. The van der Waals surface area contributed by atoms with Crippen LogP contribution in [0.25, 0.3) is 21.3 Å². The van der Waals surface area contributed by atoms with E-state index in [4.69, 9.17) is 20.2 Å². The average Bonchev–Trinajstić information content (AvgIpc) is 3.58. The number of thiophene rings is 1. The Morgan fingerprint density at radius 2 is 2.08 bits per heavy atom. The molecule has 11 heteroatoms. The van der Waals surface area contributed by atoms with Gasteiger partial charge < -0.3 is 25.4 Å². The fourth-order valence-electron chi connectivity index (χ4n) is 5.63. The third-order valence-electron chi connectivity index (χ3n) is 7.42. The molecule has 2 fully saturated rings. The minimum Gasteiger partial charge on any atom is -0.489 e. The number of nitrogens with zero attached hydrogens (tertiary/aromatic N) is 5. The van der Waals surface area contributed by atoms with E-state index in [0.29, 0.717) is 39.4 Å². The van der Waals surface area contributed by atoms with Crippen molar-refractivity contribution in [1.82, 2.24) is 19.9 Å². The molecule has 2 aliphatic heterocycles. The Balaban J connectivity index is 1.35. The molecule has 0 spiro atoms. The molecule has 5 heterocycles. The summed E-state index contributed by atoms with van der Waals surface area (Å²) in [6.07, 6.45) is 5.88. The quantitative estimate of drug-likeness (QED) is 0.317. The minimum atomic E-state index is -0.542. The third-order valence-corrected chi connectivity index (χ3v) is 8.54. The first-order chi connectivity index (χ1) is 19.4. The van der Waals surface area contributed by atoms with Gasteiger partial charge in [-0.3, -0.25) is 9.69 Å². The number of carbonyl (C=O) groups excluding carboxylic acids is 1. The lowest BCUT2D eigenvalue weighted by atomic mass is 10.1. The van der Waals surface area contributed by atoms with Gasteiger partial charge in [0.15, 0.2) is 0 Å². The van der Waals surface area contributed by atoms with Crippen LogP contribution in [0.15, 0.2) is 42.7 Å². The molecule has 6 rings (SSSR count). The number of methoxy groups -OCH3 is 1. The maximum Gasteiger partial charge on any atom is 0.259 e. The predicted molar refractivity (Wildman–Crippen MR) is 158 cm³/mol. The number of carbonyl (C=O) groups is 1. The third kappa shape index (κ3) is 5.02. The molecule has 3 N–H and O–H groups in total. The number of aromatic nitrogens is 3. The van der Waals surface area contributed by atoms with E-state index < -0.39 is 5.91 Å². The van der Waals surface area contributed by atoms with Crippen molar-refractivity contribution in [3.8, 4) is 22.8 Å². The molecule has 3 aromatic heterocycles. The van der Waals surface area contributed by atoms with E-state index in [-0.39, 0.29) is 6.10 Å². The van der Waals surface area contributed by atoms with Crippen LogP contribution in [0.1, 0.15) is 36.4 Å². The number of ether oxygens (including phenoxy) is 2. The van der Waals surface area contributed by atoms with Gasteiger partial charge in [-0.2, -0.15) is 0 Å². The molecular formula is C29H33N7O3S. The van der Waals surface area contributed by atoms with Crippen molar-refractivity contribution in [2.24, 2.45) is 5.73 Å². The summed E-state index contributed by atoms with van der Waals surface area (Å²) in [5.41, 5.74) is 9.51. The lowest BCUT2D eigenvalue weighted by molar-refractivity contribution is 0.100. The maximum absolute atomic E-state index is 12.4. The van der Waals surface area contributed by atoms with E-state index in [2.05, 4.69) is 37.2 Å². The first kappa shape index (κ1) is 26.3. The predicted octanol–water partition coefficient (Wildman–Crippen LogP) is 4.68. The highest BCUT2D eigenvalue weighted by atomic mass is 32.1. The Hall–Kier alpha value is -3.96. The van der Waals surface area contributed by atoms with Crippen LogP contribution >= 0.6 is 11.3 Å². The number of pyridine rings is 1. The Morgan fingerprint density at radius 3 is 2.88 bits per heavy atom. The van der Waals surface area contributed by atoms with Crippen LogP contribution < -0.4 is 25.4 Å². The fourth-order valence-corrected chi connectivity index (χ4v) is 6.61. The van der Waals surface area contributed by atoms with Crippen LogP contribution in [0.5, 0.6) is 11.6 Å². The van der Waals surface area contributed by atoms with Gasteiger partial charge in [0.05, 0.1) is 35.3 Å². The first-order valence-electron chi connectivity index (χ1n) is 13.6. The zero-order valence-electron chi connectivity index (χ0n) is 22.9. The van der Waals surface area contributed by atoms with Gasteiger partial charge in [-0.05, 0) is 57.5 Å². The summed E-state index contributed by atoms with van der Waals surface area (Å²) in [5, 5.41) is 3.35. The van der Waals surface area contributed by atoms with Gasteiger partial charge >= 0.3 is 0 Å². The monoisotopic (exact) mass is 559 g/mol. The molecule has 4 aromatic rings. The zero-order valence-corrected chi connectivity index (χ0v) is 23.7. The summed E-state index contributed by atoms with van der Waals surface area (Å²) in [6, 6.07) is 10.5. The average molecular weight is 560 g/mol. The number of fused-ring (bicyclic) bond motifs is 2. The van der Waals surface area contributed by atoms with Crippen LogP contribution in [-0.4, -0.2) is 71.2 Å². The molecule has 0 aliphatic carbocycles. The van der Waals surface area contributed by atoms with Crippen molar-refractivity contribution in [1.29, 1.82) is 0 Å². The second-order valence-electron chi connectivity index (χ2n) is 10.4. The largest absolute Gasteiger partial charge is 0.489 e. The normalized spacial score (nSPS) is 17.3. The number of nitrogens with two attached hydrogens (primary N) is 1. The van der Waals surface area contributed by atoms with E-state index in [1.165, 1.54) is 30.7 Å². The Morgan fingerprint density at radius 1 is 1.20 bits per heavy atom. The highest BCUT2D eigenvalue weighted by Gasteiger charge is 2.31. The summed E-state index contributed by atoms with van der Waals surface area (Å²) in [7, 11) is 1.54. The molecule has 40 heavy (non-hydrogen) atoms. The number of amides is 1. The van der Waals surface area contributed by atoms with E-state index in [9.17, 15) is 4.79 Å². The van der Waals surface area contributed by atoms with Crippen molar-refractivity contribution in [3.05, 3.63) is 47.6 Å². The van der Waals surface area contributed by atoms with Crippen LogP contribution in [0, 0.1) is 0 Å². The molecule has 0 radical (unpaired) electrons. The summed E-state index contributed by atoms with van der Waals surface area (Å²) in [5.74, 6) is 0.966. The first-order valence-corrected chi connectivity index (χ1v) is 14.4. The van der Waals surface area contributed by atoms with Gasteiger partial charge in [0, 0.05) is 54.8 Å². The van der Waals surface area contributed by atoms with Crippen molar-refractivity contribution < 1.29 is 14.3 Å². The molecule has 1 atom stereocenters. The molecule has 2 aliphatic rings.